The molecule has 1 N–H and O–H groups in total. The van der Waals surface area contributed by atoms with Gasteiger partial charge in [0.2, 0.25) is 0 Å². The molecular formula is C17H25ClN2O2. The van der Waals surface area contributed by atoms with E-state index in [4.69, 9.17) is 4.74 Å². The summed E-state index contributed by atoms with van der Waals surface area (Å²) in [7, 11) is 0. The molecule has 2 fully saturated rings. The number of likely N-dealkylation sites (tertiary alicyclic amines) is 1. The van der Waals surface area contributed by atoms with E-state index in [9.17, 15) is 4.79 Å². The molecule has 0 aliphatic carbocycles. The number of rotatable bonds is 2. The minimum Gasteiger partial charge on any atom is -0.366 e. The molecule has 1 amide bonds. The van der Waals surface area contributed by atoms with Gasteiger partial charge in [0.25, 0.3) is 5.91 Å². The van der Waals surface area contributed by atoms with Gasteiger partial charge in [-0.1, -0.05) is 30.3 Å². The second kappa shape index (κ2) is 8.51. The molecule has 0 aromatic heterocycles. The standard InChI is InChI=1S/C17H24N2O2.ClH/c20-17(16-13-18-9-12-21-16)19-10-4-7-15(8-11-19)14-5-2-1-3-6-14;/h1-3,5-6,15-16,18H,4,7-13H2;1H. The van der Waals surface area contributed by atoms with E-state index in [0.717, 1.165) is 38.9 Å². The highest BCUT2D eigenvalue weighted by Gasteiger charge is 2.28. The Morgan fingerprint density at radius 2 is 2.00 bits per heavy atom. The van der Waals surface area contributed by atoms with Gasteiger partial charge < -0.3 is 15.0 Å². The highest BCUT2D eigenvalue weighted by atomic mass is 35.5. The van der Waals surface area contributed by atoms with Crippen molar-refractivity contribution in [2.24, 2.45) is 0 Å². The first-order chi connectivity index (χ1) is 10.3. The summed E-state index contributed by atoms with van der Waals surface area (Å²) in [6.07, 6.45) is 3.01. The molecule has 1 aromatic carbocycles. The fourth-order valence-electron chi connectivity index (χ4n) is 3.30. The Morgan fingerprint density at radius 1 is 1.18 bits per heavy atom. The molecule has 0 radical (unpaired) electrons. The van der Waals surface area contributed by atoms with Crippen LogP contribution >= 0.6 is 12.4 Å². The molecule has 22 heavy (non-hydrogen) atoms. The summed E-state index contributed by atoms with van der Waals surface area (Å²) in [6, 6.07) is 10.7. The van der Waals surface area contributed by atoms with Crippen molar-refractivity contribution in [3.63, 3.8) is 0 Å². The maximum Gasteiger partial charge on any atom is 0.253 e. The topological polar surface area (TPSA) is 41.6 Å². The summed E-state index contributed by atoms with van der Waals surface area (Å²) in [5, 5.41) is 3.23. The third-order valence-corrected chi connectivity index (χ3v) is 4.51. The molecule has 2 aliphatic rings. The van der Waals surface area contributed by atoms with Gasteiger partial charge in [0, 0.05) is 26.2 Å². The van der Waals surface area contributed by atoms with Crippen LogP contribution in [0.2, 0.25) is 0 Å². The summed E-state index contributed by atoms with van der Waals surface area (Å²) in [6.45, 7) is 3.84. The summed E-state index contributed by atoms with van der Waals surface area (Å²) in [4.78, 5) is 14.5. The van der Waals surface area contributed by atoms with Gasteiger partial charge in [-0.05, 0) is 30.7 Å². The van der Waals surface area contributed by atoms with Crippen LogP contribution in [-0.2, 0) is 9.53 Å². The first-order valence-electron chi connectivity index (χ1n) is 8.00. The molecule has 2 saturated heterocycles. The second-order valence-corrected chi connectivity index (χ2v) is 5.93. The van der Waals surface area contributed by atoms with Crippen molar-refractivity contribution in [2.75, 3.05) is 32.8 Å². The molecule has 0 bridgehead atoms. The highest BCUT2D eigenvalue weighted by Crippen LogP contribution is 2.28. The second-order valence-electron chi connectivity index (χ2n) is 5.93. The largest absolute Gasteiger partial charge is 0.366 e. The van der Waals surface area contributed by atoms with E-state index in [1.165, 1.54) is 5.56 Å². The third-order valence-electron chi connectivity index (χ3n) is 4.51. The van der Waals surface area contributed by atoms with Crippen LogP contribution in [0.4, 0.5) is 0 Å². The van der Waals surface area contributed by atoms with Crippen molar-refractivity contribution in [3.8, 4) is 0 Å². The lowest BCUT2D eigenvalue weighted by Gasteiger charge is -2.29. The molecule has 2 atom stereocenters. The van der Waals surface area contributed by atoms with Crippen LogP contribution in [0.5, 0.6) is 0 Å². The Balaban J connectivity index is 0.00000176. The number of nitrogens with zero attached hydrogens (tertiary/aromatic N) is 1. The number of halogens is 1. The number of carbonyl (C=O) groups is 1. The van der Waals surface area contributed by atoms with Crippen molar-refractivity contribution in [1.82, 2.24) is 10.2 Å². The maximum absolute atomic E-state index is 12.5. The van der Waals surface area contributed by atoms with Crippen LogP contribution in [0.3, 0.4) is 0 Å². The first-order valence-corrected chi connectivity index (χ1v) is 8.00. The van der Waals surface area contributed by atoms with Gasteiger partial charge in [-0.3, -0.25) is 4.79 Å². The van der Waals surface area contributed by atoms with Crippen LogP contribution in [0, 0.1) is 0 Å². The van der Waals surface area contributed by atoms with Crippen molar-refractivity contribution >= 4 is 18.3 Å². The minimum absolute atomic E-state index is 0. The molecule has 2 heterocycles. The predicted molar refractivity (Wildman–Crippen MR) is 89.5 cm³/mol. The third kappa shape index (κ3) is 4.22. The van der Waals surface area contributed by atoms with Gasteiger partial charge >= 0.3 is 0 Å². The van der Waals surface area contributed by atoms with Gasteiger partial charge in [-0.2, -0.15) is 0 Å². The normalized spacial score (nSPS) is 25.9. The number of nitrogens with one attached hydrogen (secondary N) is 1. The molecular weight excluding hydrogens is 300 g/mol. The molecule has 3 rings (SSSR count). The zero-order valence-corrected chi connectivity index (χ0v) is 13.7. The molecule has 4 nitrogen and oxygen atoms in total. The number of morpholine rings is 1. The van der Waals surface area contributed by atoms with Gasteiger partial charge in [0.15, 0.2) is 0 Å². The Labute approximate surface area is 138 Å². The Hall–Kier alpha value is -1.10. The number of ether oxygens (including phenoxy) is 1. The van der Waals surface area contributed by atoms with Crippen molar-refractivity contribution in [3.05, 3.63) is 35.9 Å². The molecule has 2 aliphatic heterocycles. The van der Waals surface area contributed by atoms with Crippen molar-refractivity contribution in [1.29, 1.82) is 0 Å². The van der Waals surface area contributed by atoms with Crippen LogP contribution in [-0.4, -0.2) is 49.7 Å². The summed E-state index contributed by atoms with van der Waals surface area (Å²) in [5.41, 5.74) is 1.40. The van der Waals surface area contributed by atoms with Gasteiger partial charge in [-0.25, -0.2) is 0 Å². The fraction of sp³-hybridized carbons (Fsp3) is 0.588. The zero-order chi connectivity index (χ0) is 14.5. The van der Waals surface area contributed by atoms with E-state index < -0.39 is 0 Å². The van der Waals surface area contributed by atoms with E-state index in [1.54, 1.807) is 0 Å². The van der Waals surface area contributed by atoms with Crippen LogP contribution in [0.25, 0.3) is 0 Å². The van der Waals surface area contributed by atoms with E-state index in [2.05, 4.69) is 35.6 Å². The van der Waals surface area contributed by atoms with E-state index >= 15 is 0 Å². The lowest BCUT2D eigenvalue weighted by Crippen LogP contribution is -2.49. The molecule has 1 aromatic rings. The monoisotopic (exact) mass is 324 g/mol. The Bertz CT molecular complexity index is 463. The van der Waals surface area contributed by atoms with Gasteiger partial charge in [-0.15, -0.1) is 12.4 Å². The zero-order valence-electron chi connectivity index (χ0n) is 12.9. The number of carbonyl (C=O) groups excluding carboxylic acids is 1. The molecule has 122 valence electrons. The van der Waals surface area contributed by atoms with Crippen LogP contribution in [0.1, 0.15) is 30.7 Å². The molecule has 0 spiro atoms. The summed E-state index contributed by atoms with van der Waals surface area (Å²) >= 11 is 0. The Kier molecular flexibility index (Phi) is 6.68. The predicted octanol–water partition coefficient (Wildman–Crippen LogP) is 2.19. The molecule has 2 unspecified atom stereocenters. The number of amides is 1. The van der Waals surface area contributed by atoms with Crippen molar-refractivity contribution in [2.45, 2.75) is 31.3 Å². The maximum atomic E-state index is 12.5. The lowest BCUT2D eigenvalue weighted by molar-refractivity contribution is -0.145. The van der Waals surface area contributed by atoms with Crippen molar-refractivity contribution < 1.29 is 9.53 Å². The average molecular weight is 325 g/mol. The van der Waals surface area contributed by atoms with Gasteiger partial charge in [0.05, 0.1) is 6.61 Å². The van der Waals surface area contributed by atoms with E-state index in [-0.39, 0.29) is 24.4 Å². The van der Waals surface area contributed by atoms with Crippen LogP contribution < -0.4 is 5.32 Å². The lowest BCUT2D eigenvalue weighted by atomic mass is 9.92. The molecule has 5 heteroatoms. The van der Waals surface area contributed by atoms with E-state index in [0.29, 0.717) is 19.1 Å². The summed E-state index contributed by atoms with van der Waals surface area (Å²) in [5.74, 6) is 0.741. The smallest absolute Gasteiger partial charge is 0.253 e. The molecule has 0 saturated carbocycles. The van der Waals surface area contributed by atoms with Crippen LogP contribution in [0.15, 0.2) is 30.3 Å². The SMILES string of the molecule is Cl.O=C(C1CNCCO1)N1CCCC(c2ccccc2)CC1. The Morgan fingerprint density at radius 3 is 2.73 bits per heavy atom. The van der Waals surface area contributed by atoms with Gasteiger partial charge in [0.1, 0.15) is 6.10 Å². The fourth-order valence-corrected chi connectivity index (χ4v) is 3.30. The summed E-state index contributed by atoms with van der Waals surface area (Å²) < 4.78 is 5.59. The number of benzene rings is 1. The van der Waals surface area contributed by atoms with E-state index in [1.807, 2.05) is 4.90 Å². The highest BCUT2D eigenvalue weighted by molar-refractivity contribution is 5.85. The first kappa shape index (κ1) is 17.3. The average Bonchev–Trinajstić information content (AvgIpc) is 2.82. The number of hydrogen-bond acceptors (Lipinski definition) is 3. The number of hydrogen-bond donors (Lipinski definition) is 1. The quantitative estimate of drug-likeness (QED) is 0.906. The minimum atomic E-state index is -0.285.